The molecule has 2 rings (SSSR count). The lowest BCUT2D eigenvalue weighted by atomic mass is 10.1. The third-order valence-electron chi connectivity index (χ3n) is 1.93. The number of carbonyl (C=O) groups is 1. The third kappa shape index (κ3) is 2.79. The molecule has 1 saturated carbocycles. The molecule has 0 spiro atoms. The molecule has 3 N–H and O–H groups in total. The highest BCUT2D eigenvalue weighted by Gasteiger charge is 2.40. The number of rotatable bonds is 1. The van der Waals surface area contributed by atoms with E-state index in [-0.39, 0.29) is 12.0 Å². The fourth-order valence-corrected chi connectivity index (χ4v) is 2.26. The van der Waals surface area contributed by atoms with Gasteiger partial charge in [0.2, 0.25) is 0 Å². The van der Waals surface area contributed by atoms with Crippen LogP contribution in [0.4, 0.5) is 0 Å². The molecule has 0 atom stereocenters. The monoisotopic (exact) mass is 263 g/mol. The zero-order valence-electron chi connectivity index (χ0n) is 6.87. The Balaban J connectivity index is 0.000000251. The van der Waals surface area contributed by atoms with Crippen molar-refractivity contribution in [3.05, 3.63) is 20.8 Å². The molecule has 1 aliphatic rings. The molecule has 0 amide bonds. The van der Waals surface area contributed by atoms with Gasteiger partial charge in [-0.2, -0.15) is 0 Å². The van der Waals surface area contributed by atoms with Crippen LogP contribution in [0.5, 0.6) is 0 Å². The van der Waals surface area contributed by atoms with Gasteiger partial charge in [0.1, 0.15) is 0 Å². The summed E-state index contributed by atoms with van der Waals surface area (Å²) in [7, 11) is 0. The van der Waals surface area contributed by atoms with Crippen LogP contribution in [0.25, 0.3) is 0 Å². The fourth-order valence-electron chi connectivity index (χ4n) is 0.995. The van der Waals surface area contributed by atoms with E-state index in [1.54, 1.807) is 11.3 Å². The first-order valence-electron chi connectivity index (χ1n) is 3.73. The van der Waals surface area contributed by atoms with Crippen LogP contribution < -0.4 is 5.73 Å². The molecule has 1 aromatic heterocycles. The van der Waals surface area contributed by atoms with Gasteiger partial charge in [0, 0.05) is 5.54 Å². The van der Waals surface area contributed by atoms with Crippen molar-refractivity contribution in [2.75, 3.05) is 0 Å². The topological polar surface area (TPSA) is 63.3 Å². The highest BCUT2D eigenvalue weighted by molar-refractivity contribution is 9.11. The standard InChI is InChI=1S/C7H8BrNS.CH2O2/c8-6-3-5(4-10-6)7(9)1-2-7;2-1-3/h3-4H,1-2,9H2;1H,(H,2,3). The molecule has 0 unspecified atom stereocenters. The molecular weight excluding hydrogens is 254 g/mol. The van der Waals surface area contributed by atoms with Gasteiger partial charge in [0.15, 0.2) is 0 Å². The van der Waals surface area contributed by atoms with E-state index in [2.05, 4.69) is 27.4 Å². The molecule has 13 heavy (non-hydrogen) atoms. The zero-order valence-corrected chi connectivity index (χ0v) is 9.27. The van der Waals surface area contributed by atoms with Gasteiger partial charge in [-0.15, -0.1) is 11.3 Å². The lowest BCUT2D eigenvalue weighted by molar-refractivity contribution is -0.122. The predicted molar refractivity (Wildman–Crippen MR) is 55.8 cm³/mol. The first-order valence-corrected chi connectivity index (χ1v) is 5.41. The zero-order chi connectivity index (χ0) is 9.90. The number of nitrogens with two attached hydrogens (primary N) is 1. The minimum atomic E-state index is -0.250. The molecule has 1 fully saturated rings. The molecule has 0 bridgehead atoms. The van der Waals surface area contributed by atoms with Crippen LogP contribution in [0.15, 0.2) is 15.2 Å². The molecule has 0 radical (unpaired) electrons. The molecule has 5 heteroatoms. The predicted octanol–water partition coefficient (Wildman–Crippen LogP) is 2.16. The van der Waals surface area contributed by atoms with E-state index in [9.17, 15) is 0 Å². The van der Waals surface area contributed by atoms with Crippen molar-refractivity contribution in [3.8, 4) is 0 Å². The average molecular weight is 264 g/mol. The molecule has 0 aromatic carbocycles. The maximum absolute atomic E-state index is 8.36. The number of hydrogen-bond donors (Lipinski definition) is 2. The Morgan fingerprint density at radius 3 is 2.54 bits per heavy atom. The molecule has 3 nitrogen and oxygen atoms in total. The van der Waals surface area contributed by atoms with Crippen LogP contribution in [-0.4, -0.2) is 11.6 Å². The highest BCUT2D eigenvalue weighted by atomic mass is 79.9. The molecule has 0 saturated heterocycles. The summed E-state index contributed by atoms with van der Waals surface area (Å²) in [5.74, 6) is 0. The summed E-state index contributed by atoms with van der Waals surface area (Å²) < 4.78 is 1.18. The number of carboxylic acid groups (broad SMARTS) is 1. The normalized spacial score (nSPS) is 17.1. The maximum atomic E-state index is 8.36. The minimum Gasteiger partial charge on any atom is -0.483 e. The van der Waals surface area contributed by atoms with Crippen LogP contribution in [0.3, 0.4) is 0 Å². The van der Waals surface area contributed by atoms with Gasteiger partial charge in [0.25, 0.3) is 6.47 Å². The number of hydrogen-bond acceptors (Lipinski definition) is 3. The fraction of sp³-hybridized carbons (Fsp3) is 0.375. The molecular formula is C8H10BrNO2S. The smallest absolute Gasteiger partial charge is 0.290 e. The highest BCUT2D eigenvalue weighted by Crippen LogP contribution is 2.44. The van der Waals surface area contributed by atoms with Crippen LogP contribution in [0.2, 0.25) is 0 Å². The molecule has 1 heterocycles. The second kappa shape index (κ2) is 4.21. The Morgan fingerprint density at radius 1 is 1.69 bits per heavy atom. The van der Waals surface area contributed by atoms with Gasteiger partial charge in [-0.3, -0.25) is 4.79 Å². The molecule has 1 aromatic rings. The second-order valence-corrected chi connectivity index (χ2v) is 5.19. The maximum Gasteiger partial charge on any atom is 0.290 e. The number of thiophene rings is 1. The average Bonchev–Trinajstić information content (AvgIpc) is 2.64. The Hall–Kier alpha value is -0.390. The van der Waals surface area contributed by atoms with E-state index in [1.807, 2.05) is 0 Å². The third-order valence-corrected chi connectivity index (χ3v) is 3.44. The van der Waals surface area contributed by atoms with E-state index >= 15 is 0 Å². The van der Waals surface area contributed by atoms with Gasteiger partial charge in [0.05, 0.1) is 3.79 Å². The van der Waals surface area contributed by atoms with E-state index in [0.29, 0.717) is 0 Å². The quantitative estimate of drug-likeness (QED) is 0.764. The van der Waals surface area contributed by atoms with Gasteiger partial charge in [-0.05, 0) is 45.8 Å². The van der Waals surface area contributed by atoms with Crippen molar-refractivity contribution in [1.82, 2.24) is 0 Å². The van der Waals surface area contributed by atoms with Crippen molar-refractivity contribution in [1.29, 1.82) is 0 Å². The molecule has 72 valence electrons. The Labute approximate surface area is 88.7 Å². The minimum absolute atomic E-state index is 0.0442. The summed E-state index contributed by atoms with van der Waals surface area (Å²) in [5.41, 5.74) is 7.31. The largest absolute Gasteiger partial charge is 0.483 e. The summed E-state index contributed by atoms with van der Waals surface area (Å²) in [6, 6.07) is 2.12. The van der Waals surface area contributed by atoms with Crippen molar-refractivity contribution < 1.29 is 9.90 Å². The van der Waals surface area contributed by atoms with E-state index < -0.39 is 0 Å². The first kappa shape index (κ1) is 10.7. The molecule has 1 aliphatic carbocycles. The summed E-state index contributed by atoms with van der Waals surface area (Å²) in [4.78, 5) is 8.36. The second-order valence-electron chi connectivity index (χ2n) is 2.90. The van der Waals surface area contributed by atoms with Crippen molar-refractivity contribution in [2.24, 2.45) is 5.73 Å². The van der Waals surface area contributed by atoms with Gasteiger partial charge >= 0.3 is 0 Å². The SMILES string of the molecule is NC1(c2csc(Br)c2)CC1.O=CO. The lowest BCUT2D eigenvalue weighted by Crippen LogP contribution is -2.17. The van der Waals surface area contributed by atoms with Crippen molar-refractivity contribution in [3.63, 3.8) is 0 Å². The lowest BCUT2D eigenvalue weighted by Gasteiger charge is -2.02. The van der Waals surface area contributed by atoms with E-state index in [0.717, 1.165) is 12.8 Å². The van der Waals surface area contributed by atoms with Gasteiger partial charge in [-0.25, -0.2) is 0 Å². The summed E-state index contributed by atoms with van der Waals surface area (Å²) >= 11 is 5.12. The van der Waals surface area contributed by atoms with E-state index in [4.69, 9.17) is 15.6 Å². The van der Waals surface area contributed by atoms with Crippen LogP contribution in [-0.2, 0) is 10.3 Å². The number of halogens is 1. The van der Waals surface area contributed by atoms with Gasteiger partial charge < -0.3 is 10.8 Å². The Morgan fingerprint density at radius 2 is 2.23 bits per heavy atom. The summed E-state index contributed by atoms with van der Waals surface area (Å²) in [5, 5.41) is 9.02. The molecule has 0 aliphatic heterocycles. The van der Waals surface area contributed by atoms with Crippen molar-refractivity contribution in [2.45, 2.75) is 18.4 Å². The van der Waals surface area contributed by atoms with Crippen LogP contribution >= 0.6 is 27.3 Å². The first-order chi connectivity index (χ1) is 6.12. The summed E-state index contributed by atoms with van der Waals surface area (Å²) in [6.07, 6.45) is 2.30. The van der Waals surface area contributed by atoms with Crippen LogP contribution in [0.1, 0.15) is 18.4 Å². The van der Waals surface area contributed by atoms with Crippen LogP contribution in [0, 0.1) is 0 Å². The van der Waals surface area contributed by atoms with Crippen molar-refractivity contribution >= 4 is 33.7 Å². The van der Waals surface area contributed by atoms with Gasteiger partial charge in [-0.1, -0.05) is 0 Å². The summed E-state index contributed by atoms with van der Waals surface area (Å²) in [6.45, 7) is -0.250. The van der Waals surface area contributed by atoms with E-state index in [1.165, 1.54) is 9.35 Å². The Bertz CT molecular complexity index is 296. The Kier molecular flexibility index (Phi) is 3.47.